The van der Waals surface area contributed by atoms with Crippen molar-refractivity contribution in [2.75, 3.05) is 12.0 Å². The first-order valence-corrected chi connectivity index (χ1v) is 11.3. The van der Waals surface area contributed by atoms with Gasteiger partial charge in [0, 0.05) is 10.7 Å². The highest BCUT2D eigenvalue weighted by atomic mass is 35.5. The summed E-state index contributed by atoms with van der Waals surface area (Å²) in [5.41, 5.74) is 0.644. The van der Waals surface area contributed by atoms with E-state index in [1.165, 1.54) is 43.5 Å². The summed E-state index contributed by atoms with van der Waals surface area (Å²) in [5, 5.41) is 11.0. The number of hydrogen-bond acceptors (Lipinski definition) is 5. The van der Waals surface area contributed by atoms with Crippen molar-refractivity contribution in [3.63, 3.8) is 0 Å². The quantitative estimate of drug-likeness (QED) is 0.574. The van der Waals surface area contributed by atoms with Crippen molar-refractivity contribution in [3.05, 3.63) is 99.9 Å². The second-order valence-electron chi connectivity index (χ2n) is 7.00. The van der Waals surface area contributed by atoms with Crippen molar-refractivity contribution >= 4 is 33.0 Å². The summed E-state index contributed by atoms with van der Waals surface area (Å²) in [6.07, 6.45) is 0. The van der Waals surface area contributed by atoms with Gasteiger partial charge in [-0.15, -0.1) is 0 Å². The molecule has 0 bridgehead atoms. The molecule has 0 saturated heterocycles. The Morgan fingerprint density at radius 2 is 1.56 bits per heavy atom. The van der Waals surface area contributed by atoms with Gasteiger partial charge in [0.15, 0.2) is 5.76 Å². The van der Waals surface area contributed by atoms with Crippen molar-refractivity contribution in [1.29, 1.82) is 0 Å². The predicted octanol–water partition coefficient (Wildman–Crippen LogP) is 4.82. The SMILES string of the molecule is COc1ccc(N2C(=O)C(O)=C(S(=O)(=O)c3ccc(Cl)cc3)[C@@H]2c2ccc(F)cc2)cc1. The van der Waals surface area contributed by atoms with Crippen LogP contribution in [0.25, 0.3) is 0 Å². The summed E-state index contributed by atoms with van der Waals surface area (Å²) >= 11 is 5.88. The zero-order valence-corrected chi connectivity index (χ0v) is 18.3. The molecule has 1 N–H and O–H groups in total. The summed E-state index contributed by atoms with van der Waals surface area (Å²) in [6, 6.07) is 15.6. The van der Waals surface area contributed by atoms with Crippen LogP contribution in [-0.4, -0.2) is 26.5 Å². The van der Waals surface area contributed by atoms with Gasteiger partial charge in [0.05, 0.1) is 12.0 Å². The Hall–Kier alpha value is -3.36. The summed E-state index contributed by atoms with van der Waals surface area (Å²) in [4.78, 5) is 13.6. The molecule has 9 heteroatoms. The fraction of sp³-hybridized carbons (Fsp3) is 0.0870. The number of aliphatic hydroxyl groups is 1. The molecule has 0 aliphatic carbocycles. The Balaban J connectivity index is 1.91. The summed E-state index contributed by atoms with van der Waals surface area (Å²) in [7, 11) is -2.82. The van der Waals surface area contributed by atoms with Crippen LogP contribution in [0, 0.1) is 5.82 Å². The first-order chi connectivity index (χ1) is 15.2. The number of ether oxygens (including phenoxy) is 1. The van der Waals surface area contributed by atoms with E-state index < -0.39 is 38.3 Å². The molecule has 1 aliphatic heterocycles. The molecule has 1 amide bonds. The molecule has 0 aromatic heterocycles. The van der Waals surface area contributed by atoms with Crippen LogP contribution in [0.15, 0.2) is 88.4 Å². The maximum atomic E-state index is 13.6. The van der Waals surface area contributed by atoms with Gasteiger partial charge >= 0.3 is 0 Å². The standard InChI is InChI=1S/C23H17ClFNO5S/c1-31-18-10-8-17(9-11-18)26-20(14-2-6-16(25)7-3-14)22(21(27)23(26)28)32(29,30)19-12-4-15(24)5-13-19/h2-13,20,27H,1H3/t20-/m0/s1. The first-order valence-electron chi connectivity index (χ1n) is 9.41. The molecule has 0 saturated carbocycles. The van der Waals surface area contributed by atoms with E-state index in [-0.39, 0.29) is 4.90 Å². The van der Waals surface area contributed by atoms with Gasteiger partial charge in [0.1, 0.15) is 22.5 Å². The number of halogens is 2. The van der Waals surface area contributed by atoms with Crippen LogP contribution < -0.4 is 9.64 Å². The van der Waals surface area contributed by atoms with Gasteiger partial charge in [-0.3, -0.25) is 9.69 Å². The maximum absolute atomic E-state index is 13.6. The molecule has 32 heavy (non-hydrogen) atoms. The number of rotatable bonds is 5. The number of carbonyl (C=O) groups is 1. The second-order valence-corrected chi connectivity index (χ2v) is 9.35. The molecule has 164 valence electrons. The van der Waals surface area contributed by atoms with Crippen LogP contribution in [0.1, 0.15) is 11.6 Å². The zero-order valence-electron chi connectivity index (χ0n) is 16.7. The van der Waals surface area contributed by atoms with Crippen LogP contribution in [0.2, 0.25) is 5.02 Å². The van der Waals surface area contributed by atoms with E-state index in [4.69, 9.17) is 16.3 Å². The van der Waals surface area contributed by atoms with Gasteiger partial charge in [-0.1, -0.05) is 23.7 Å². The Kier molecular flexibility index (Phi) is 5.66. The number of aliphatic hydroxyl groups excluding tert-OH is 1. The van der Waals surface area contributed by atoms with Crippen molar-refractivity contribution in [3.8, 4) is 5.75 Å². The van der Waals surface area contributed by atoms with E-state index in [0.29, 0.717) is 22.0 Å². The van der Waals surface area contributed by atoms with Crippen LogP contribution in [0.3, 0.4) is 0 Å². The minimum atomic E-state index is -4.31. The van der Waals surface area contributed by atoms with Crippen molar-refractivity contribution < 1.29 is 27.4 Å². The maximum Gasteiger partial charge on any atom is 0.295 e. The number of methoxy groups -OCH3 is 1. The zero-order chi connectivity index (χ0) is 23.0. The molecule has 1 atom stereocenters. The number of hydrogen-bond donors (Lipinski definition) is 1. The smallest absolute Gasteiger partial charge is 0.295 e. The predicted molar refractivity (Wildman–Crippen MR) is 118 cm³/mol. The molecule has 4 rings (SSSR count). The lowest BCUT2D eigenvalue weighted by molar-refractivity contribution is -0.117. The van der Waals surface area contributed by atoms with E-state index in [2.05, 4.69) is 0 Å². The van der Waals surface area contributed by atoms with E-state index in [1.54, 1.807) is 24.3 Å². The lowest BCUT2D eigenvalue weighted by Gasteiger charge is -2.27. The first kappa shape index (κ1) is 21.9. The number of carbonyl (C=O) groups excluding carboxylic acids is 1. The van der Waals surface area contributed by atoms with Crippen LogP contribution in [0.4, 0.5) is 10.1 Å². The van der Waals surface area contributed by atoms with Crippen molar-refractivity contribution in [2.45, 2.75) is 10.9 Å². The lowest BCUT2D eigenvalue weighted by Crippen LogP contribution is -2.31. The largest absolute Gasteiger partial charge is 0.502 e. The minimum absolute atomic E-state index is 0.139. The Morgan fingerprint density at radius 1 is 0.969 bits per heavy atom. The molecular formula is C23H17ClFNO5S. The average molecular weight is 474 g/mol. The Labute approximate surface area is 189 Å². The molecular weight excluding hydrogens is 457 g/mol. The highest BCUT2D eigenvalue weighted by molar-refractivity contribution is 7.95. The Bertz CT molecular complexity index is 1300. The van der Waals surface area contributed by atoms with Crippen LogP contribution in [0.5, 0.6) is 5.75 Å². The molecule has 1 aliphatic rings. The summed E-state index contributed by atoms with van der Waals surface area (Å²) < 4.78 is 45.7. The molecule has 0 fully saturated rings. The highest BCUT2D eigenvalue weighted by Gasteiger charge is 2.47. The highest BCUT2D eigenvalue weighted by Crippen LogP contribution is 2.45. The van der Waals surface area contributed by atoms with Crippen molar-refractivity contribution in [1.82, 2.24) is 0 Å². The molecule has 3 aromatic rings. The number of anilines is 1. The molecule has 3 aromatic carbocycles. The van der Waals surface area contributed by atoms with Gasteiger partial charge < -0.3 is 9.84 Å². The van der Waals surface area contributed by atoms with E-state index in [9.17, 15) is 22.7 Å². The molecule has 0 unspecified atom stereocenters. The monoisotopic (exact) mass is 473 g/mol. The second kappa shape index (κ2) is 8.29. The Morgan fingerprint density at radius 3 is 2.12 bits per heavy atom. The summed E-state index contributed by atoms with van der Waals surface area (Å²) in [5.74, 6) is -1.78. The molecule has 0 radical (unpaired) electrons. The van der Waals surface area contributed by atoms with Gasteiger partial charge in [-0.2, -0.15) is 0 Å². The third-order valence-electron chi connectivity index (χ3n) is 5.11. The summed E-state index contributed by atoms with van der Waals surface area (Å²) in [6.45, 7) is 0. The number of sulfone groups is 1. The van der Waals surface area contributed by atoms with Gasteiger partial charge in [0.2, 0.25) is 9.84 Å². The molecule has 1 heterocycles. The lowest BCUT2D eigenvalue weighted by atomic mass is 10.1. The van der Waals surface area contributed by atoms with Crippen LogP contribution in [-0.2, 0) is 14.6 Å². The molecule has 0 spiro atoms. The minimum Gasteiger partial charge on any atom is -0.502 e. The van der Waals surface area contributed by atoms with Gasteiger partial charge in [-0.25, -0.2) is 12.8 Å². The fourth-order valence-corrected chi connectivity index (χ4v) is 5.30. The number of amides is 1. The third-order valence-corrected chi connectivity index (χ3v) is 7.25. The molecule has 6 nitrogen and oxygen atoms in total. The van der Waals surface area contributed by atoms with E-state index in [1.807, 2.05) is 0 Å². The average Bonchev–Trinajstić information content (AvgIpc) is 3.06. The van der Waals surface area contributed by atoms with Crippen molar-refractivity contribution in [2.24, 2.45) is 0 Å². The third kappa shape index (κ3) is 3.72. The van der Waals surface area contributed by atoms with Gasteiger partial charge in [-0.05, 0) is 66.2 Å². The topological polar surface area (TPSA) is 83.9 Å². The number of nitrogens with zero attached hydrogens (tertiary/aromatic N) is 1. The van der Waals surface area contributed by atoms with E-state index >= 15 is 0 Å². The fourth-order valence-electron chi connectivity index (χ4n) is 3.55. The van der Waals surface area contributed by atoms with E-state index in [0.717, 1.165) is 17.0 Å². The van der Waals surface area contributed by atoms with Crippen LogP contribution >= 0.6 is 11.6 Å². The number of benzene rings is 3. The van der Waals surface area contributed by atoms with Gasteiger partial charge in [0.25, 0.3) is 5.91 Å². The normalized spacial score (nSPS) is 16.5.